The Labute approximate surface area is 443 Å². The van der Waals surface area contributed by atoms with Crippen LogP contribution in [0, 0.1) is 12.3 Å². The molecule has 8 rings (SSSR count). The van der Waals surface area contributed by atoms with Crippen LogP contribution in [0.5, 0.6) is 5.75 Å². The number of nitrogens with two attached hydrogens (primary N) is 2. The molecule has 398 valence electrons. The van der Waals surface area contributed by atoms with Crippen LogP contribution in [-0.4, -0.2) is 153 Å². The molecule has 3 saturated heterocycles. The molecule has 0 bridgehead atoms. The Morgan fingerprint density at radius 1 is 1.04 bits per heavy atom. The van der Waals surface area contributed by atoms with Crippen LogP contribution in [0.15, 0.2) is 58.0 Å². The fraction of sp³-hybridized carbons (Fsp3) is 0.529. The number of nitrogens with zero attached hydrogens (tertiary/aromatic N) is 7. The van der Waals surface area contributed by atoms with Crippen molar-refractivity contribution in [1.29, 1.82) is 0 Å². The van der Waals surface area contributed by atoms with Gasteiger partial charge in [-0.05, 0) is 68.7 Å². The molecule has 3 aliphatic heterocycles. The number of ether oxygens (including phenoxy) is 1. The second-order valence-corrected chi connectivity index (χ2v) is 23.3. The average molecular weight is 1080 g/mol. The molecule has 8 N–H and O–H groups in total. The minimum Gasteiger partial charge on any atom is -0.492 e. The van der Waals surface area contributed by atoms with E-state index < -0.39 is 52.9 Å². The molecule has 5 amide bonds. The molecule has 19 nitrogen and oxygen atoms in total. The van der Waals surface area contributed by atoms with Crippen molar-refractivity contribution in [3.8, 4) is 16.2 Å². The van der Waals surface area contributed by atoms with E-state index in [1.165, 1.54) is 28.0 Å². The summed E-state index contributed by atoms with van der Waals surface area (Å²) in [6.07, 6.45) is 2.20. The highest BCUT2D eigenvalue weighted by Gasteiger charge is 2.53. The highest BCUT2D eigenvalue weighted by Crippen LogP contribution is 2.41. The number of aliphatic hydroxyl groups is 1. The number of aryl methyl sites for hydroxylation is 1. The van der Waals surface area contributed by atoms with Crippen molar-refractivity contribution in [1.82, 2.24) is 40.3 Å². The molecule has 74 heavy (non-hydrogen) atoms. The van der Waals surface area contributed by atoms with Gasteiger partial charge in [-0.15, -0.1) is 11.3 Å². The lowest BCUT2D eigenvalue weighted by Gasteiger charge is -2.37. The number of piperidine rings is 1. The quantitative estimate of drug-likeness (QED) is 0.0779. The van der Waals surface area contributed by atoms with E-state index in [0.29, 0.717) is 65.5 Å². The second-order valence-electron chi connectivity index (χ2n) is 21.0. The first kappa shape index (κ1) is 54.6. The van der Waals surface area contributed by atoms with E-state index >= 15 is 0 Å². The smallest absolute Gasteiger partial charge is 0.258 e. The van der Waals surface area contributed by atoms with Gasteiger partial charge in [-0.2, -0.15) is 0 Å². The van der Waals surface area contributed by atoms with Crippen molar-refractivity contribution >= 4 is 81.6 Å². The topological polar surface area (TPSA) is 255 Å². The van der Waals surface area contributed by atoms with E-state index in [4.69, 9.17) is 27.8 Å². The van der Waals surface area contributed by atoms with E-state index in [0.717, 1.165) is 42.1 Å². The molecule has 2 aromatic carbocycles. The summed E-state index contributed by atoms with van der Waals surface area (Å²) in [5, 5.41) is 19.7. The molecule has 0 spiro atoms. The number of anilines is 3. The third kappa shape index (κ3) is 13.2. The van der Waals surface area contributed by atoms with E-state index in [1.807, 2.05) is 32.0 Å². The van der Waals surface area contributed by atoms with Gasteiger partial charge in [0.25, 0.3) is 5.91 Å². The van der Waals surface area contributed by atoms with Crippen molar-refractivity contribution < 1.29 is 38.2 Å². The minimum atomic E-state index is -1.99. The number of hydrogen-bond donors (Lipinski definition) is 6. The first-order chi connectivity index (χ1) is 35.1. The predicted molar refractivity (Wildman–Crippen MR) is 283 cm³/mol. The molecule has 23 heteroatoms. The number of thiazole rings is 1. The number of nitrogens with one attached hydrogen (secondary N) is 3. The molecule has 5 heterocycles. The Bertz CT molecular complexity index is 2740. The summed E-state index contributed by atoms with van der Waals surface area (Å²) >= 11 is 9.49. The summed E-state index contributed by atoms with van der Waals surface area (Å²) in [7, 11) is 0. The van der Waals surface area contributed by atoms with Gasteiger partial charge < -0.3 is 52.0 Å². The lowest BCUT2D eigenvalue weighted by atomic mass is 9.85. The van der Waals surface area contributed by atoms with Gasteiger partial charge in [-0.25, -0.2) is 19.3 Å². The number of piperazine rings is 1. The van der Waals surface area contributed by atoms with E-state index in [9.17, 15) is 33.5 Å². The SMILES string of the molecule is Cc1ncsc1-c1ccc(CNC(=O)C2CC(O)CN2C(=O)[C@@H](NC(=O)C2(F)CC2)C(C)(C)C)c(OCCN2CCN(C(=O)CC(=O)Nc3cccc(Sc4ncc(N5CCC(C)(N)CC5)nc4N)c3Cl)CC2)c1. The number of benzene rings is 2. The maximum atomic E-state index is 14.7. The zero-order chi connectivity index (χ0) is 53.1. The van der Waals surface area contributed by atoms with Crippen molar-refractivity contribution in [2.75, 3.05) is 74.9 Å². The Hall–Kier alpha value is -5.65. The van der Waals surface area contributed by atoms with Crippen LogP contribution in [0.25, 0.3) is 10.4 Å². The van der Waals surface area contributed by atoms with Gasteiger partial charge in [0, 0.05) is 81.3 Å². The maximum absolute atomic E-state index is 14.7. The lowest BCUT2D eigenvalue weighted by molar-refractivity contribution is -0.145. The highest BCUT2D eigenvalue weighted by molar-refractivity contribution is 7.99. The number of hydrogen-bond acceptors (Lipinski definition) is 16. The fourth-order valence-electron chi connectivity index (χ4n) is 9.17. The standard InChI is InChI=1S/C51H66ClFN12O7S2/c1-30-42(73-29-58-30)31-9-10-32(26-56-45(69)35-24-33(66)28-65(35)47(70)43(49(2,3)4)61-48(71)51(53)11-12-51)36(23-31)72-22-21-62-17-19-64(20-18-62)40(68)25-39(67)59-34-7-6-8-37(41(34)52)74-46-44(54)60-38(27-57-46)63-15-13-50(5,55)14-16-63/h6-10,23,27,29,33,35,43,66H,11-22,24-26,28,55H2,1-5H3,(H2,54,60)(H,56,69)(H,59,67)(H,61,71)/t33?,35?,43-/m1/s1. The van der Waals surface area contributed by atoms with Crippen molar-refractivity contribution in [3.05, 3.63) is 64.4 Å². The number of alkyl halides is 1. The van der Waals surface area contributed by atoms with Crippen LogP contribution in [-0.2, 0) is 30.5 Å². The summed E-state index contributed by atoms with van der Waals surface area (Å²) < 4.78 is 21.1. The second kappa shape index (κ2) is 22.7. The number of halogens is 2. The average Bonchev–Trinajstić information content (AvgIpc) is 3.76. The van der Waals surface area contributed by atoms with E-state index in [1.54, 1.807) is 55.6 Å². The molecule has 1 saturated carbocycles. The van der Waals surface area contributed by atoms with Crippen molar-refractivity contribution in [2.24, 2.45) is 11.1 Å². The number of aliphatic hydroxyl groups excluding tert-OH is 1. The molecular formula is C51H66ClFN12O7S2. The number of likely N-dealkylation sites (tertiary alicyclic amines) is 1. The number of rotatable bonds is 17. The summed E-state index contributed by atoms with van der Waals surface area (Å²) in [5.41, 5.74) is 14.2. The van der Waals surface area contributed by atoms with Gasteiger partial charge in [0.05, 0.1) is 39.1 Å². The van der Waals surface area contributed by atoms with Crippen LogP contribution in [0.4, 0.5) is 21.7 Å². The monoisotopic (exact) mass is 1080 g/mol. The fourth-order valence-corrected chi connectivity index (χ4v) is 11.1. The molecule has 1 aliphatic carbocycles. The summed E-state index contributed by atoms with van der Waals surface area (Å²) in [6, 6.07) is 8.77. The molecule has 4 aliphatic rings. The number of β-amino-alcohol motifs (C(OH)–C–C–N with tert-alkyl or cyclic N) is 1. The molecule has 4 aromatic rings. The number of aromatic nitrogens is 3. The van der Waals surface area contributed by atoms with E-state index in [-0.39, 0.29) is 67.7 Å². The highest BCUT2D eigenvalue weighted by atomic mass is 35.5. The van der Waals surface area contributed by atoms with E-state index in [2.05, 4.69) is 40.7 Å². The molecular weight excluding hydrogens is 1010 g/mol. The van der Waals surface area contributed by atoms with Crippen LogP contribution in [0.3, 0.4) is 0 Å². The molecule has 4 fully saturated rings. The first-order valence-corrected chi connectivity index (χ1v) is 27.0. The van der Waals surface area contributed by atoms with Crippen LogP contribution >= 0.6 is 34.7 Å². The number of amides is 5. The van der Waals surface area contributed by atoms with Gasteiger partial charge in [0.2, 0.25) is 23.6 Å². The van der Waals surface area contributed by atoms with Crippen molar-refractivity contribution in [3.63, 3.8) is 0 Å². The summed E-state index contributed by atoms with van der Waals surface area (Å²) in [4.78, 5) is 89.5. The van der Waals surface area contributed by atoms with Gasteiger partial charge in [0.15, 0.2) is 11.5 Å². The number of nitrogen functional groups attached to an aromatic ring is 1. The maximum Gasteiger partial charge on any atom is 0.258 e. The zero-order valence-electron chi connectivity index (χ0n) is 42.4. The third-order valence-corrected chi connectivity index (χ3v) is 16.6. The van der Waals surface area contributed by atoms with Gasteiger partial charge >= 0.3 is 0 Å². The minimum absolute atomic E-state index is 0.00321. The number of carbonyl (C=O) groups excluding carboxylic acids is 5. The van der Waals surface area contributed by atoms with Gasteiger partial charge in [0.1, 0.15) is 41.7 Å². The summed E-state index contributed by atoms with van der Waals surface area (Å²) in [6.45, 7) is 13.4. The largest absolute Gasteiger partial charge is 0.492 e. The third-order valence-electron chi connectivity index (χ3n) is 14.0. The van der Waals surface area contributed by atoms with Crippen LogP contribution in [0.1, 0.15) is 77.5 Å². The molecule has 2 unspecified atom stereocenters. The Morgan fingerprint density at radius 3 is 2.43 bits per heavy atom. The first-order valence-electron chi connectivity index (χ1n) is 24.9. The lowest BCUT2D eigenvalue weighted by Crippen LogP contribution is -2.59. The van der Waals surface area contributed by atoms with Crippen LogP contribution in [0.2, 0.25) is 5.02 Å². The zero-order valence-corrected chi connectivity index (χ0v) is 44.8. The Balaban J connectivity index is 0.822. The Morgan fingerprint density at radius 2 is 1.77 bits per heavy atom. The van der Waals surface area contributed by atoms with Gasteiger partial charge in [-0.3, -0.25) is 28.9 Å². The van der Waals surface area contributed by atoms with Crippen LogP contribution < -0.4 is 37.1 Å². The molecule has 2 aromatic heterocycles. The molecule has 0 radical (unpaired) electrons. The van der Waals surface area contributed by atoms with Gasteiger partial charge in [-0.1, -0.05) is 62.3 Å². The number of carbonyl (C=O) groups is 5. The normalized spacial score (nSPS) is 19.9. The Kier molecular flexibility index (Phi) is 16.7. The van der Waals surface area contributed by atoms with Crippen molar-refractivity contribution in [2.45, 2.75) is 119 Å². The molecule has 3 atom stereocenters. The summed E-state index contributed by atoms with van der Waals surface area (Å²) in [5.74, 6) is -1.22. The predicted octanol–water partition coefficient (Wildman–Crippen LogP) is 4.78.